The first-order chi connectivity index (χ1) is 8.38. The van der Waals surface area contributed by atoms with Gasteiger partial charge < -0.3 is 10.6 Å². The summed E-state index contributed by atoms with van der Waals surface area (Å²) in [5.74, 6) is 0.928. The predicted molar refractivity (Wildman–Crippen MR) is 82.4 cm³/mol. The summed E-state index contributed by atoms with van der Waals surface area (Å²) in [5.41, 5.74) is 8.89. The largest absolute Gasteiger partial charge is 0.389 e. The molecular weight excluding hydrogens is 242 g/mol. The molecule has 1 aromatic rings. The SMILES string of the molecule is CCCN(c1nc(C)cc(C)c1C(N)=S)C(C)C. The van der Waals surface area contributed by atoms with Gasteiger partial charge in [0, 0.05) is 18.3 Å². The van der Waals surface area contributed by atoms with Gasteiger partial charge in [-0.1, -0.05) is 19.1 Å². The summed E-state index contributed by atoms with van der Waals surface area (Å²) in [6, 6.07) is 2.41. The number of nitrogens with two attached hydrogens (primary N) is 1. The van der Waals surface area contributed by atoms with Crippen LogP contribution in [0.15, 0.2) is 6.07 Å². The highest BCUT2D eigenvalue weighted by Gasteiger charge is 2.19. The Labute approximate surface area is 115 Å². The molecule has 0 saturated carbocycles. The number of aromatic nitrogens is 1. The van der Waals surface area contributed by atoms with Crippen LogP contribution in [0.5, 0.6) is 0 Å². The molecule has 0 fully saturated rings. The molecule has 0 saturated heterocycles. The Bertz CT molecular complexity index is 441. The number of thiocarbonyl (C=S) groups is 1. The zero-order chi connectivity index (χ0) is 13.9. The van der Waals surface area contributed by atoms with Gasteiger partial charge in [0.15, 0.2) is 0 Å². The second-order valence-corrected chi connectivity index (χ2v) is 5.37. The molecule has 18 heavy (non-hydrogen) atoms. The summed E-state index contributed by atoms with van der Waals surface area (Å²) < 4.78 is 0. The molecule has 0 radical (unpaired) electrons. The van der Waals surface area contributed by atoms with Crippen LogP contribution in [0.1, 0.15) is 44.0 Å². The normalized spacial score (nSPS) is 10.8. The third kappa shape index (κ3) is 3.19. The van der Waals surface area contributed by atoms with Crippen molar-refractivity contribution in [3.63, 3.8) is 0 Å². The molecule has 0 aliphatic heterocycles. The number of hydrogen-bond donors (Lipinski definition) is 1. The number of anilines is 1. The molecule has 1 aromatic heterocycles. The summed E-state index contributed by atoms with van der Waals surface area (Å²) >= 11 is 5.18. The minimum Gasteiger partial charge on any atom is -0.389 e. The quantitative estimate of drug-likeness (QED) is 0.831. The predicted octanol–water partition coefficient (Wildman–Crippen LogP) is 2.96. The maximum absolute atomic E-state index is 5.86. The Morgan fingerprint density at radius 1 is 1.44 bits per heavy atom. The van der Waals surface area contributed by atoms with E-state index < -0.39 is 0 Å². The first-order valence-corrected chi connectivity index (χ1v) is 6.84. The van der Waals surface area contributed by atoms with Gasteiger partial charge in [-0.3, -0.25) is 0 Å². The Morgan fingerprint density at radius 2 is 2.06 bits per heavy atom. The molecule has 0 atom stereocenters. The highest BCUT2D eigenvalue weighted by Crippen LogP contribution is 2.24. The molecule has 0 aromatic carbocycles. The smallest absolute Gasteiger partial charge is 0.139 e. The average molecular weight is 265 g/mol. The minimum absolute atomic E-state index is 0.381. The minimum atomic E-state index is 0.381. The molecule has 100 valence electrons. The van der Waals surface area contributed by atoms with Gasteiger partial charge in [0.2, 0.25) is 0 Å². The van der Waals surface area contributed by atoms with Crippen molar-refractivity contribution < 1.29 is 0 Å². The molecule has 0 aliphatic carbocycles. The van der Waals surface area contributed by atoms with E-state index >= 15 is 0 Å². The van der Waals surface area contributed by atoms with Gasteiger partial charge in [0.05, 0.1) is 5.56 Å². The van der Waals surface area contributed by atoms with Crippen LogP contribution in [0.4, 0.5) is 5.82 Å². The van der Waals surface area contributed by atoms with Crippen LogP contribution in [-0.2, 0) is 0 Å². The van der Waals surface area contributed by atoms with Crippen LogP contribution in [0, 0.1) is 13.8 Å². The lowest BCUT2D eigenvalue weighted by Gasteiger charge is -2.30. The van der Waals surface area contributed by atoms with Gasteiger partial charge in [-0.05, 0) is 45.7 Å². The van der Waals surface area contributed by atoms with Crippen LogP contribution in [0.3, 0.4) is 0 Å². The van der Waals surface area contributed by atoms with E-state index in [0.29, 0.717) is 11.0 Å². The third-order valence-corrected chi connectivity index (χ3v) is 3.14. The fourth-order valence-electron chi connectivity index (χ4n) is 2.18. The van der Waals surface area contributed by atoms with Crippen LogP contribution < -0.4 is 10.6 Å². The van der Waals surface area contributed by atoms with Gasteiger partial charge >= 0.3 is 0 Å². The highest BCUT2D eigenvalue weighted by atomic mass is 32.1. The van der Waals surface area contributed by atoms with Crippen molar-refractivity contribution in [2.45, 2.75) is 47.1 Å². The number of pyridine rings is 1. The monoisotopic (exact) mass is 265 g/mol. The Morgan fingerprint density at radius 3 is 2.50 bits per heavy atom. The van der Waals surface area contributed by atoms with Crippen molar-refractivity contribution in [2.75, 3.05) is 11.4 Å². The maximum Gasteiger partial charge on any atom is 0.139 e. The average Bonchev–Trinajstić information content (AvgIpc) is 2.23. The second-order valence-electron chi connectivity index (χ2n) is 4.93. The van der Waals surface area contributed by atoms with Crippen molar-refractivity contribution >= 4 is 23.0 Å². The maximum atomic E-state index is 5.86. The molecule has 1 rings (SSSR count). The molecule has 4 heteroatoms. The van der Waals surface area contributed by atoms with Crippen molar-refractivity contribution in [1.82, 2.24) is 4.98 Å². The molecule has 0 spiro atoms. The molecular formula is C14H23N3S. The molecule has 1 heterocycles. The van der Waals surface area contributed by atoms with Gasteiger partial charge in [-0.2, -0.15) is 0 Å². The number of rotatable bonds is 5. The lowest BCUT2D eigenvalue weighted by Crippen LogP contribution is -2.34. The highest BCUT2D eigenvalue weighted by molar-refractivity contribution is 7.80. The Balaban J connectivity index is 3.39. The summed E-state index contributed by atoms with van der Waals surface area (Å²) in [6.45, 7) is 11.5. The topological polar surface area (TPSA) is 42.2 Å². The second kappa shape index (κ2) is 6.14. The summed E-state index contributed by atoms with van der Waals surface area (Å²) in [4.78, 5) is 7.35. The first kappa shape index (κ1) is 14.9. The summed E-state index contributed by atoms with van der Waals surface area (Å²) in [7, 11) is 0. The van der Waals surface area contributed by atoms with Crippen molar-refractivity contribution in [3.8, 4) is 0 Å². The van der Waals surface area contributed by atoms with Crippen LogP contribution >= 0.6 is 12.2 Å². The summed E-state index contributed by atoms with van der Waals surface area (Å²) in [6.07, 6.45) is 1.07. The lowest BCUT2D eigenvalue weighted by molar-refractivity contribution is 0.660. The van der Waals surface area contributed by atoms with Gasteiger partial charge in [0.25, 0.3) is 0 Å². The zero-order valence-corrected chi connectivity index (χ0v) is 12.8. The van der Waals surface area contributed by atoms with Crippen molar-refractivity contribution in [1.29, 1.82) is 0 Å². The van der Waals surface area contributed by atoms with E-state index in [4.69, 9.17) is 18.0 Å². The molecule has 0 unspecified atom stereocenters. The van der Waals surface area contributed by atoms with Crippen LogP contribution in [-0.4, -0.2) is 22.6 Å². The van der Waals surface area contributed by atoms with Gasteiger partial charge in [0.1, 0.15) is 10.8 Å². The van der Waals surface area contributed by atoms with E-state index in [1.807, 2.05) is 19.9 Å². The zero-order valence-electron chi connectivity index (χ0n) is 11.9. The Kier molecular flexibility index (Phi) is 5.08. The number of nitrogens with zero attached hydrogens (tertiary/aromatic N) is 2. The van der Waals surface area contributed by atoms with Gasteiger partial charge in [-0.25, -0.2) is 4.98 Å². The standard InChI is InChI=1S/C14H23N3S/c1-6-7-17(9(2)3)14-12(13(15)18)10(4)8-11(5)16-14/h8-9H,6-7H2,1-5H3,(H2,15,18). The van der Waals surface area contributed by atoms with E-state index in [2.05, 4.69) is 30.7 Å². The fraction of sp³-hybridized carbons (Fsp3) is 0.571. The molecule has 0 bridgehead atoms. The van der Waals surface area contributed by atoms with Crippen LogP contribution in [0.25, 0.3) is 0 Å². The molecule has 3 nitrogen and oxygen atoms in total. The fourth-order valence-corrected chi connectivity index (χ4v) is 2.43. The van der Waals surface area contributed by atoms with E-state index in [1.54, 1.807) is 0 Å². The number of aryl methyl sites for hydroxylation is 2. The summed E-state index contributed by atoms with van der Waals surface area (Å²) in [5, 5.41) is 0. The van der Waals surface area contributed by atoms with E-state index in [9.17, 15) is 0 Å². The Hall–Kier alpha value is -1.16. The van der Waals surface area contributed by atoms with E-state index in [0.717, 1.165) is 35.6 Å². The van der Waals surface area contributed by atoms with Crippen molar-refractivity contribution in [3.05, 3.63) is 22.9 Å². The van der Waals surface area contributed by atoms with Gasteiger partial charge in [-0.15, -0.1) is 0 Å². The molecule has 2 N–H and O–H groups in total. The first-order valence-electron chi connectivity index (χ1n) is 6.43. The number of hydrogen-bond acceptors (Lipinski definition) is 3. The molecule has 0 amide bonds. The van der Waals surface area contributed by atoms with Crippen molar-refractivity contribution in [2.24, 2.45) is 5.73 Å². The van der Waals surface area contributed by atoms with E-state index in [-0.39, 0.29) is 0 Å². The third-order valence-electron chi connectivity index (χ3n) is 2.93. The molecule has 0 aliphatic rings. The lowest BCUT2D eigenvalue weighted by atomic mass is 10.1. The van der Waals surface area contributed by atoms with Crippen LogP contribution in [0.2, 0.25) is 0 Å². The van der Waals surface area contributed by atoms with E-state index in [1.165, 1.54) is 0 Å².